The number of rotatable bonds is 2. The highest BCUT2D eigenvalue weighted by atomic mass is 15.1. The summed E-state index contributed by atoms with van der Waals surface area (Å²) in [5.41, 5.74) is 0.833. The van der Waals surface area contributed by atoms with Crippen LogP contribution in [0.2, 0.25) is 0 Å². The third kappa shape index (κ3) is 1.31. The molecule has 1 heterocycles. The Kier molecular flexibility index (Phi) is 1.99. The van der Waals surface area contributed by atoms with Gasteiger partial charge in [-0.1, -0.05) is 6.58 Å². The largest absolute Gasteiger partial charge is 0.357 e. The van der Waals surface area contributed by atoms with E-state index in [1.807, 2.05) is 0 Å². The molecule has 52 valence electrons. The van der Waals surface area contributed by atoms with Crippen LogP contribution in [0.5, 0.6) is 0 Å². The zero-order chi connectivity index (χ0) is 7.40. The summed E-state index contributed by atoms with van der Waals surface area (Å²) in [6.45, 7) is 3.59. The third-order valence-electron chi connectivity index (χ3n) is 1.11. The summed E-state index contributed by atoms with van der Waals surface area (Å²) < 4.78 is 0. The molecule has 0 saturated carbocycles. The summed E-state index contributed by atoms with van der Waals surface area (Å²) in [4.78, 5) is 8.01. The van der Waals surface area contributed by atoms with Gasteiger partial charge in [0.15, 0.2) is 0 Å². The normalized spacial score (nSPS) is 8.90. The van der Waals surface area contributed by atoms with Crippen molar-refractivity contribution in [1.29, 1.82) is 0 Å². The zero-order valence-electron chi connectivity index (χ0n) is 5.83. The molecule has 3 nitrogen and oxygen atoms in total. The van der Waals surface area contributed by atoms with Crippen molar-refractivity contribution in [2.24, 2.45) is 0 Å². The quantitative estimate of drug-likeness (QED) is 0.661. The van der Waals surface area contributed by atoms with Crippen LogP contribution >= 0.6 is 0 Å². The van der Waals surface area contributed by atoms with Crippen molar-refractivity contribution >= 4 is 12.0 Å². The van der Waals surface area contributed by atoms with Gasteiger partial charge in [-0.25, -0.2) is 9.97 Å². The van der Waals surface area contributed by atoms with Gasteiger partial charge in [0.2, 0.25) is 5.95 Å². The molecule has 0 spiro atoms. The van der Waals surface area contributed by atoms with Crippen LogP contribution in [0.25, 0.3) is 6.08 Å². The van der Waals surface area contributed by atoms with Crippen LogP contribution in [-0.2, 0) is 0 Å². The fourth-order valence-electron chi connectivity index (χ4n) is 0.607. The van der Waals surface area contributed by atoms with Crippen molar-refractivity contribution in [2.45, 2.75) is 0 Å². The average molecular weight is 135 g/mol. The highest BCUT2D eigenvalue weighted by molar-refractivity contribution is 5.43. The Hall–Kier alpha value is -1.38. The number of anilines is 1. The lowest BCUT2D eigenvalue weighted by Crippen LogP contribution is -1.95. The first-order valence-corrected chi connectivity index (χ1v) is 3.00. The summed E-state index contributed by atoms with van der Waals surface area (Å²) in [5, 5.41) is 2.83. The Bertz CT molecular complexity index is 232. The van der Waals surface area contributed by atoms with Gasteiger partial charge < -0.3 is 5.32 Å². The molecule has 10 heavy (non-hydrogen) atoms. The van der Waals surface area contributed by atoms with Crippen molar-refractivity contribution in [3.8, 4) is 0 Å². The van der Waals surface area contributed by atoms with E-state index < -0.39 is 0 Å². The first-order valence-electron chi connectivity index (χ1n) is 3.00. The lowest BCUT2D eigenvalue weighted by atomic mass is 10.4. The summed E-state index contributed by atoms with van der Waals surface area (Å²) >= 11 is 0. The predicted octanol–water partition coefficient (Wildman–Crippen LogP) is 1.16. The van der Waals surface area contributed by atoms with E-state index in [9.17, 15) is 0 Å². The van der Waals surface area contributed by atoms with Crippen LogP contribution in [-0.4, -0.2) is 17.0 Å². The van der Waals surface area contributed by atoms with E-state index in [4.69, 9.17) is 0 Å². The second kappa shape index (κ2) is 2.96. The summed E-state index contributed by atoms with van der Waals surface area (Å²) in [6.07, 6.45) is 3.37. The van der Waals surface area contributed by atoms with Gasteiger partial charge in [-0.15, -0.1) is 0 Å². The third-order valence-corrected chi connectivity index (χ3v) is 1.11. The average Bonchev–Trinajstić information content (AvgIpc) is 2.05. The Morgan fingerprint density at radius 1 is 1.70 bits per heavy atom. The van der Waals surface area contributed by atoms with E-state index in [0.717, 1.165) is 5.69 Å². The van der Waals surface area contributed by atoms with E-state index in [0.29, 0.717) is 5.95 Å². The molecule has 0 amide bonds. The predicted molar refractivity (Wildman–Crippen MR) is 41.7 cm³/mol. The molecular formula is C7H9N3. The van der Waals surface area contributed by atoms with Gasteiger partial charge in [0.1, 0.15) is 0 Å². The molecule has 0 aliphatic heterocycles. The molecule has 0 bridgehead atoms. The number of aromatic nitrogens is 2. The molecule has 0 saturated heterocycles. The molecule has 0 radical (unpaired) electrons. The molecule has 0 aliphatic rings. The molecule has 1 rings (SSSR count). The van der Waals surface area contributed by atoms with Gasteiger partial charge in [0, 0.05) is 13.2 Å². The maximum atomic E-state index is 4.07. The maximum Gasteiger partial charge on any atom is 0.222 e. The number of hydrogen-bond donors (Lipinski definition) is 1. The molecule has 0 aliphatic carbocycles. The lowest BCUT2D eigenvalue weighted by Gasteiger charge is -1.96. The maximum absolute atomic E-state index is 4.07. The molecule has 1 N–H and O–H groups in total. The summed E-state index contributed by atoms with van der Waals surface area (Å²) in [6, 6.07) is 1.80. The molecule has 0 fully saturated rings. The highest BCUT2D eigenvalue weighted by Crippen LogP contribution is 1.99. The van der Waals surface area contributed by atoms with Crippen molar-refractivity contribution in [1.82, 2.24) is 9.97 Å². The molecule has 1 aromatic heterocycles. The van der Waals surface area contributed by atoms with Crippen LogP contribution in [0.15, 0.2) is 18.8 Å². The minimum absolute atomic E-state index is 0.623. The molecular weight excluding hydrogens is 126 g/mol. The van der Waals surface area contributed by atoms with Crippen molar-refractivity contribution in [3.05, 3.63) is 24.5 Å². The number of hydrogen-bond acceptors (Lipinski definition) is 3. The van der Waals surface area contributed by atoms with Crippen molar-refractivity contribution < 1.29 is 0 Å². The van der Waals surface area contributed by atoms with Gasteiger partial charge in [-0.2, -0.15) is 0 Å². The van der Waals surface area contributed by atoms with Crippen LogP contribution in [0, 0.1) is 0 Å². The van der Waals surface area contributed by atoms with Crippen molar-refractivity contribution in [2.75, 3.05) is 12.4 Å². The van der Waals surface area contributed by atoms with Crippen molar-refractivity contribution in [3.63, 3.8) is 0 Å². The zero-order valence-corrected chi connectivity index (χ0v) is 5.83. The lowest BCUT2D eigenvalue weighted by molar-refractivity contribution is 1.14. The van der Waals surface area contributed by atoms with E-state index in [-0.39, 0.29) is 0 Å². The highest BCUT2D eigenvalue weighted by Gasteiger charge is 1.89. The van der Waals surface area contributed by atoms with Gasteiger partial charge in [0.25, 0.3) is 0 Å². The van der Waals surface area contributed by atoms with Crippen LogP contribution in [0.4, 0.5) is 5.95 Å². The second-order valence-corrected chi connectivity index (χ2v) is 1.76. The SMILES string of the molecule is C=Cc1ccnc(NC)n1. The van der Waals surface area contributed by atoms with Gasteiger partial charge >= 0.3 is 0 Å². The number of nitrogens with zero attached hydrogens (tertiary/aromatic N) is 2. The Labute approximate surface area is 59.8 Å². The fraction of sp³-hybridized carbons (Fsp3) is 0.143. The topological polar surface area (TPSA) is 37.8 Å². The van der Waals surface area contributed by atoms with E-state index in [1.54, 1.807) is 25.4 Å². The summed E-state index contributed by atoms with van der Waals surface area (Å²) in [7, 11) is 1.78. The smallest absolute Gasteiger partial charge is 0.222 e. The van der Waals surface area contributed by atoms with Crippen LogP contribution in [0.1, 0.15) is 5.69 Å². The Morgan fingerprint density at radius 3 is 3.10 bits per heavy atom. The van der Waals surface area contributed by atoms with Crippen LogP contribution < -0.4 is 5.32 Å². The monoisotopic (exact) mass is 135 g/mol. The summed E-state index contributed by atoms with van der Waals surface area (Å²) in [5.74, 6) is 0.623. The Balaban J connectivity index is 2.98. The standard InChI is InChI=1S/C7H9N3/c1-3-6-4-5-9-7(8-2)10-6/h3-5H,1H2,2H3,(H,8,9,10). The molecule has 1 aromatic rings. The minimum Gasteiger partial charge on any atom is -0.357 e. The second-order valence-electron chi connectivity index (χ2n) is 1.76. The molecule has 3 heteroatoms. The van der Waals surface area contributed by atoms with E-state index in [2.05, 4.69) is 21.9 Å². The van der Waals surface area contributed by atoms with Gasteiger partial charge in [-0.3, -0.25) is 0 Å². The van der Waals surface area contributed by atoms with E-state index >= 15 is 0 Å². The minimum atomic E-state index is 0.623. The Morgan fingerprint density at radius 2 is 2.50 bits per heavy atom. The number of nitrogens with one attached hydrogen (secondary N) is 1. The molecule has 0 atom stereocenters. The van der Waals surface area contributed by atoms with Crippen LogP contribution in [0.3, 0.4) is 0 Å². The van der Waals surface area contributed by atoms with E-state index in [1.165, 1.54) is 0 Å². The molecule has 0 unspecified atom stereocenters. The fourth-order valence-corrected chi connectivity index (χ4v) is 0.607. The molecule has 0 aromatic carbocycles. The van der Waals surface area contributed by atoms with Gasteiger partial charge in [0.05, 0.1) is 5.69 Å². The first kappa shape index (κ1) is 6.74. The first-order chi connectivity index (χ1) is 4.86. The van der Waals surface area contributed by atoms with Gasteiger partial charge in [-0.05, 0) is 12.1 Å².